The van der Waals surface area contributed by atoms with Crippen molar-refractivity contribution >= 4 is 33.3 Å². The molecule has 17 heavy (non-hydrogen) atoms. The standard InChI is InChI=1S/C12H16N4S/c1-6-5-9-10(14-7(2)8-3-4-8)15-12(13)16-11(9)17-6/h5,7-8H,3-4H2,1-2H3,(H3,13,14,15,16). The predicted molar refractivity (Wildman–Crippen MR) is 72.4 cm³/mol. The molecule has 0 amide bonds. The van der Waals surface area contributed by atoms with E-state index in [2.05, 4.69) is 35.2 Å². The van der Waals surface area contributed by atoms with Crippen LogP contribution in [0.3, 0.4) is 0 Å². The summed E-state index contributed by atoms with van der Waals surface area (Å²) in [6.45, 7) is 4.29. The highest BCUT2D eigenvalue weighted by Gasteiger charge is 2.28. The summed E-state index contributed by atoms with van der Waals surface area (Å²) in [6.07, 6.45) is 2.64. The van der Waals surface area contributed by atoms with Crippen molar-refractivity contribution in [2.24, 2.45) is 5.92 Å². The van der Waals surface area contributed by atoms with Gasteiger partial charge >= 0.3 is 0 Å². The largest absolute Gasteiger partial charge is 0.368 e. The van der Waals surface area contributed by atoms with Gasteiger partial charge in [0.15, 0.2) is 0 Å². The smallest absolute Gasteiger partial charge is 0.223 e. The van der Waals surface area contributed by atoms with Gasteiger partial charge in [0.1, 0.15) is 10.6 Å². The molecule has 0 aliphatic heterocycles. The van der Waals surface area contributed by atoms with E-state index in [1.807, 2.05) is 0 Å². The van der Waals surface area contributed by atoms with Crippen LogP contribution in [0, 0.1) is 12.8 Å². The minimum absolute atomic E-state index is 0.352. The summed E-state index contributed by atoms with van der Waals surface area (Å²) >= 11 is 1.66. The minimum atomic E-state index is 0.352. The summed E-state index contributed by atoms with van der Waals surface area (Å²) in [5.74, 6) is 2.03. The molecule has 2 aromatic heterocycles. The van der Waals surface area contributed by atoms with Crippen LogP contribution >= 0.6 is 11.3 Å². The number of nitrogens with one attached hydrogen (secondary N) is 1. The molecular weight excluding hydrogens is 232 g/mol. The first-order valence-electron chi connectivity index (χ1n) is 5.93. The molecule has 0 spiro atoms. The molecule has 3 N–H and O–H groups in total. The molecule has 1 unspecified atom stereocenters. The Bertz CT molecular complexity index is 559. The molecule has 0 bridgehead atoms. The van der Waals surface area contributed by atoms with Crippen LogP contribution < -0.4 is 11.1 Å². The predicted octanol–water partition coefficient (Wildman–Crippen LogP) is 2.79. The van der Waals surface area contributed by atoms with Gasteiger partial charge in [0, 0.05) is 10.9 Å². The highest BCUT2D eigenvalue weighted by molar-refractivity contribution is 7.18. The summed E-state index contributed by atoms with van der Waals surface area (Å²) in [5.41, 5.74) is 5.75. The van der Waals surface area contributed by atoms with Gasteiger partial charge < -0.3 is 11.1 Å². The molecule has 1 saturated carbocycles. The van der Waals surface area contributed by atoms with Gasteiger partial charge in [0.05, 0.1) is 5.39 Å². The number of fused-ring (bicyclic) bond motifs is 1. The Labute approximate surface area is 104 Å². The van der Waals surface area contributed by atoms with Gasteiger partial charge in [0.2, 0.25) is 5.95 Å². The van der Waals surface area contributed by atoms with Crippen LogP contribution in [-0.2, 0) is 0 Å². The highest BCUT2D eigenvalue weighted by atomic mass is 32.1. The Morgan fingerprint density at radius 3 is 2.94 bits per heavy atom. The van der Waals surface area contributed by atoms with Gasteiger partial charge in [-0.15, -0.1) is 11.3 Å². The van der Waals surface area contributed by atoms with E-state index in [1.54, 1.807) is 11.3 Å². The number of anilines is 2. The third kappa shape index (κ3) is 2.07. The van der Waals surface area contributed by atoms with Crippen molar-refractivity contribution in [3.05, 3.63) is 10.9 Å². The molecule has 1 atom stereocenters. The van der Waals surface area contributed by atoms with Crippen molar-refractivity contribution in [3.8, 4) is 0 Å². The van der Waals surface area contributed by atoms with Gasteiger partial charge in [-0.25, -0.2) is 4.98 Å². The van der Waals surface area contributed by atoms with E-state index in [4.69, 9.17) is 5.73 Å². The van der Waals surface area contributed by atoms with Crippen molar-refractivity contribution in [1.82, 2.24) is 9.97 Å². The maximum Gasteiger partial charge on any atom is 0.223 e. The SMILES string of the molecule is Cc1cc2c(NC(C)C3CC3)nc(N)nc2s1. The summed E-state index contributed by atoms with van der Waals surface area (Å²) in [4.78, 5) is 10.8. The maximum atomic E-state index is 5.75. The zero-order valence-corrected chi connectivity index (χ0v) is 10.8. The van der Waals surface area contributed by atoms with Crippen LogP contribution in [0.4, 0.5) is 11.8 Å². The normalized spacial score (nSPS) is 17.3. The number of aryl methyl sites for hydroxylation is 1. The van der Waals surface area contributed by atoms with Crippen LogP contribution in [0.2, 0.25) is 0 Å². The van der Waals surface area contributed by atoms with E-state index in [1.165, 1.54) is 17.7 Å². The Morgan fingerprint density at radius 2 is 2.24 bits per heavy atom. The lowest BCUT2D eigenvalue weighted by Crippen LogP contribution is -2.18. The topological polar surface area (TPSA) is 63.8 Å². The number of nitrogens with two attached hydrogens (primary N) is 1. The third-order valence-corrected chi connectivity index (χ3v) is 4.17. The first kappa shape index (κ1) is 10.8. The molecule has 5 heteroatoms. The molecule has 0 aromatic carbocycles. The maximum absolute atomic E-state index is 5.75. The van der Waals surface area contributed by atoms with Crippen LogP contribution in [0.1, 0.15) is 24.6 Å². The molecule has 0 saturated heterocycles. The summed E-state index contributed by atoms with van der Waals surface area (Å²) in [6, 6.07) is 2.59. The fraction of sp³-hybridized carbons (Fsp3) is 0.500. The van der Waals surface area contributed by atoms with Crippen molar-refractivity contribution in [2.45, 2.75) is 32.7 Å². The molecule has 1 aliphatic rings. The Hall–Kier alpha value is -1.36. The lowest BCUT2D eigenvalue weighted by molar-refractivity contribution is 0.692. The molecule has 1 aliphatic carbocycles. The van der Waals surface area contributed by atoms with Crippen molar-refractivity contribution in [2.75, 3.05) is 11.1 Å². The summed E-state index contributed by atoms with van der Waals surface area (Å²) in [5, 5.41) is 4.57. The van der Waals surface area contributed by atoms with E-state index in [0.717, 1.165) is 22.0 Å². The first-order chi connectivity index (χ1) is 8.13. The van der Waals surface area contributed by atoms with Crippen LogP contribution in [0.25, 0.3) is 10.2 Å². The lowest BCUT2D eigenvalue weighted by atomic mass is 10.2. The van der Waals surface area contributed by atoms with Gasteiger partial charge in [-0.2, -0.15) is 4.98 Å². The van der Waals surface area contributed by atoms with E-state index in [9.17, 15) is 0 Å². The number of thiophene rings is 1. The molecule has 2 heterocycles. The van der Waals surface area contributed by atoms with Gasteiger partial charge in [-0.1, -0.05) is 0 Å². The average molecular weight is 248 g/mol. The molecule has 3 rings (SSSR count). The first-order valence-corrected chi connectivity index (χ1v) is 6.75. The van der Waals surface area contributed by atoms with E-state index in [0.29, 0.717) is 12.0 Å². The van der Waals surface area contributed by atoms with Crippen LogP contribution in [-0.4, -0.2) is 16.0 Å². The number of nitrogens with zero attached hydrogens (tertiary/aromatic N) is 2. The van der Waals surface area contributed by atoms with E-state index >= 15 is 0 Å². The molecule has 0 radical (unpaired) electrons. The van der Waals surface area contributed by atoms with Crippen molar-refractivity contribution in [1.29, 1.82) is 0 Å². The van der Waals surface area contributed by atoms with Gasteiger partial charge in [-0.05, 0) is 38.7 Å². The molecule has 2 aromatic rings. The number of hydrogen-bond donors (Lipinski definition) is 2. The zero-order chi connectivity index (χ0) is 12.0. The minimum Gasteiger partial charge on any atom is -0.368 e. The lowest BCUT2D eigenvalue weighted by Gasteiger charge is -2.14. The average Bonchev–Trinajstić information content (AvgIpc) is 3.01. The third-order valence-electron chi connectivity index (χ3n) is 3.23. The number of rotatable bonds is 3. The second-order valence-corrected chi connectivity index (χ2v) is 6.01. The highest BCUT2D eigenvalue weighted by Crippen LogP contribution is 2.35. The Morgan fingerprint density at radius 1 is 1.47 bits per heavy atom. The number of hydrogen-bond acceptors (Lipinski definition) is 5. The van der Waals surface area contributed by atoms with Crippen molar-refractivity contribution in [3.63, 3.8) is 0 Å². The van der Waals surface area contributed by atoms with Gasteiger partial charge in [-0.3, -0.25) is 0 Å². The Kier molecular flexibility index (Phi) is 2.43. The molecule has 90 valence electrons. The van der Waals surface area contributed by atoms with Crippen molar-refractivity contribution < 1.29 is 0 Å². The molecule has 1 fully saturated rings. The monoisotopic (exact) mass is 248 g/mol. The Balaban J connectivity index is 2.00. The summed E-state index contributed by atoms with van der Waals surface area (Å²) in [7, 11) is 0. The van der Waals surface area contributed by atoms with Crippen LogP contribution in [0.5, 0.6) is 0 Å². The zero-order valence-electron chi connectivity index (χ0n) is 10.0. The fourth-order valence-corrected chi connectivity index (χ4v) is 2.98. The van der Waals surface area contributed by atoms with Crippen LogP contribution in [0.15, 0.2) is 6.07 Å². The fourth-order valence-electron chi connectivity index (χ4n) is 2.10. The summed E-state index contributed by atoms with van der Waals surface area (Å²) < 4.78 is 0. The molecular formula is C12H16N4S. The second kappa shape index (κ2) is 3.84. The number of aromatic nitrogens is 2. The molecule has 4 nitrogen and oxygen atoms in total. The second-order valence-electron chi connectivity index (χ2n) is 4.78. The van der Waals surface area contributed by atoms with E-state index < -0.39 is 0 Å². The quantitative estimate of drug-likeness (QED) is 0.876. The van der Waals surface area contributed by atoms with E-state index in [-0.39, 0.29) is 0 Å². The number of nitrogen functional groups attached to an aromatic ring is 1. The van der Waals surface area contributed by atoms with Gasteiger partial charge in [0.25, 0.3) is 0 Å².